The zero-order valence-electron chi connectivity index (χ0n) is 9.92. The molecule has 2 heterocycles. The van der Waals surface area contributed by atoms with Crippen molar-refractivity contribution >= 4 is 28.4 Å². The molecule has 94 valence electrons. The standard InChI is InChI=1S/C13H11N5O/c19-13(18-12-8-14-5-6-16-12)17-10-2-1-9-3-4-15-11(9)7-10/h1-8,15H,(H2,16,17,18,19). The fourth-order valence-corrected chi connectivity index (χ4v) is 1.77. The number of aromatic nitrogens is 3. The second-order valence-corrected chi connectivity index (χ2v) is 3.95. The van der Waals surface area contributed by atoms with Crippen LogP contribution in [0.1, 0.15) is 0 Å². The smallest absolute Gasteiger partial charge is 0.324 e. The third-order valence-corrected chi connectivity index (χ3v) is 2.62. The molecule has 0 spiro atoms. The molecule has 3 rings (SSSR count). The Hall–Kier alpha value is -2.89. The highest BCUT2D eigenvalue weighted by Crippen LogP contribution is 2.17. The second kappa shape index (κ2) is 4.77. The predicted molar refractivity (Wildman–Crippen MR) is 73.0 cm³/mol. The van der Waals surface area contributed by atoms with E-state index in [9.17, 15) is 4.79 Å². The summed E-state index contributed by atoms with van der Waals surface area (Å²) in [7, 11) is 0. The van der Waals surface area contributed by atoms with Crippen LogP contribution in [0.4, 0.5) is 16.3 Å². The number of hydrogen-bond donors (Lipinski definition) is 3. The summed E-state index contributed by atoms with van der Waals surface area (Å²) in [4.78, 5) is 22.7. The zero-order chi connectivity index (χ0) is 13.1. The van der Waals surface area contributed by atoms with Crippen LogP contribution in [-0.2, 0) is 0 Å². The molecular formula is C13H11N5O. The molecule has 2 aromatic heterocycles. The molecule has 0 radical (unpaired) electrons. The molecule has 0 aliphatic rings. The van der Waals surface area contributed by atoms with Gasteiger partial charge in [-0.1, -0.05) is 6.07 Å². The van der Waals surface area contributed by atoms with E-state index in [0.717, 1.165) is 10.9 Å². The summed E-state index contributed by atoms with van der Waals surface area (Å²) in [5.74, 6) is 0.404. The minimum Gasteiger partial charge on any atom is -0.361 e. The van der Waals surface area contributed by atoms with Crippen molar-refractivity contribution in [2.45, 2.75) is 0 Å². The molecule has 2 amide bonds. The van der Waals surface area contributed by atoms with E-state index < -0.39 is 0 Å². The average molecular weight is 253 g/mol. The summed E-state index contributed by atoms with van der Waals surface area (Å²) in [5.41, 5.74) is 1.67. The van der Waals surface area contributed by atoms with E-state index in [1.165, 1.54) is 12.4 Å². The van der Waals surface area contributed by atoms with Crippen LogP contribution in [0, 0.1) is 0 Å². The van der Waals surface area contributed by atoms with Gasteiger partial charge in [0.1, 0.15) is 0 Å². The van der Waals surface area contributed by atoms with Crippen LogP contribution in [0.15, 0.2) is 49.1 Å². The van der Waals surface area contributed by atoms with E-state index >= 15 is 0 Å². The maximum Gasteiger partial charge on any atom is 0.324 e. The van der Waals surface area contributed by atoms with E-state index in [1.54, 1.807) is 6.20 Å². The molecule has 6 nitrogen and oxygen atoms in total. The van der Waals surface area contributed by atoms with Gasteiger partial charge in [-0.25, -0.2) is 9.78 Å². The first kappa shape index (κ1) is 11.2. The molecule has 0 fully saturated rings. The Labute approximate surface area is 108 Å². The van der Waals surface area contributed by atoms with Crippen molar-refractivity contribution in [1.29, 1.82) is 0 Å². The van der Waals surface area contributed by atoms with E-state index in [4.69, 9.17) is 0 Å². The Morgan fingerprint density at radius 1 is 1.16 bits per heavy atom. The Kier molecular flexibility index (Phi) is 2.82. The first-order chi connectivity index (χ1) is 9.31. The van der Waals surface area contributed by atoms with Crippen molar-refractivity contribution in [3.8, 4) is 0 Å². The van der Waals surface area contributed by atoms with Crippen molar-refractivity contribution < 1.29 is 4.79 Å². The van der Waals surface area contributed by atoms with E-state index in [2.05, 4.69) is 25.6 Å². The Balaban J connectivity index is 1.72. The number of aromatic amines is 1. The summed E-state index contributed by atoms with van der Waals surface area (Å²) in [6.07, 6.45) is 6.39. The lowest BCUT2D eigenvalue weighted by atomic mass is 10.2. The molecule has 1 aromatic carbocycles. The number of nitrogens with one attached hydrogen (secondary N) is 3. The zero-order valence-corrected chi connectivity index (χ0v) is 9.92. The molecule has 0 saturated carbocycles. The van der Waals surface area contributed by atoms with Gasteiger partial charge in [-0.3, -0.25) is 10.3 Å². The molecular weight excluding hydrogens is 242 g/mol. The highest BCUT2D eigenvalue weighted by Gasteiger charge is 2.04. The van der Waals surface area contributed by atoms with Crippen molar-refractivity contribution in [3.05, 3.63) is 49.1 Å². The van der Waals surface area contributed by atoms with Gasteiger partial charge in [-0.2, -0.15) is 0 Å². The number of carbonyl (C=O) groups is 1. The number of anilines is 2. The number of benzene rings is 1. The van der Waals surface area contributed by atoms with Gasteiger partial charge in [-0.05, 0) is 23.6 Å². The van der Waals surface area contributed by atoms with E-state index in [-0.39, 0.29) is 6.03 Å². The fourth-order valence-electron chi connectivity index (χ4n) is 1.77. The summed E-state index contributed by atoms with van der Waals surface area (Å²) < 4.78 is 0. The molecule has 0 aliphatic carbocycles. The van der Waals surface area contributed by atoms with Crippen molar-refractivity contribution in [3.63, 3.8) is 0 Å². The number of amides is 2. The number of nitrogens with zero attached hydrogens (tertiary/aromatic N) is 2. The SMILES string of the molecule is O=C(Nc1ccc2cc[nH]c2c1)Nc1cnccn1. The number of urea groups is 1. The largest absolute Gasteiger partial charge is 0.361 e. The van der Waals surface area contributed by atoms with Crippen LogP contribution in [0.2, 0.25) is 0 Å². The predicted octanol–water partition coefficient (Wildman–Crippen LogP) is 2.60. The third-order valence-electron chi connectivity index (χ3n) is 2.62. The monoisotopic (exact) mass is 253 g/mol. The first-order valence-corrected chi connectivity index (χ1v) is 5.72. The van der Waals surface area contributed by atoms with Crippen LogP contribution in [0.25, 0.3) is 10.9 Å². The van der Waals surface area contributed by atoms with Gasteiger partial charge in [0.05, 0.1) is 6.20 Å². The minimum absolute atomic E-state index is 0.355. The molecule has 19 heavy (non-hydrogen) atoms. The number of H-pyrrole nitrogens is 1. The lowest BCUT2D eigenvalue weighted by Gasteiger charge is -2.06. The van der Waals surface area contributed by atoms with Crippen molar-refractivity contribution in [2.24, 2.45) is 0 Å². The highest BCUT2D eigenvalue weighted by atomic mass is 16.2. The summed E-state index contributed by atoms with van der Waals surface area (Å²) in [6, 6.07) is 7.26. The van der Waals surface area contributed by atoms with Gasteiger partial charge < -0.3 is 10.3 Å². The topological polar surface area (TPSA) is 82.7 Å². The van der Waals surface area contributed by atoms with Gasteiger partial charge in [-0.15, -0.1) is 0 Å². The Morgan fingerprint density at radius 3 is 2.95 bits per heavy atom. The molecule has 0 saturated heterocycles. The van der Waals surface area contributed by atoms with Crippen molar-refractivity contribution in [2.75, 3.05) is 10.6 Å². The quantitative estimate of drug-likeness (QED) is 0.656. The summed E-state index contributed by atoms with van der Waals surface area (Å²) in [5, 5.41) is 6.43. The normalized spacial score (nSPS) is 10.3. The number of fused-ring (bicyclic) bond motifs is 1. The van der Waals surface area contributed by atoms with Crippen LogP contribution in [0.3, 0.4) is 0 Å². The Bertz CT molecular complexity index is 707. The van der Waals surface area contributed by atoms with Gasteiger partial charge in [0.2, 0.25) is 0 Å². The highest BCUT2D eigenvalue weighted by molar-refractivity contribution is 6.00. The number of hydrogen-bond acceptors (Lipinski definition) is 3. The third kappa shape index (κ3) is 2.52. The van der Waals surface area contributed by atoms with Crippen LogP contribution in [-0.4, -0.2) is 21.0 Å². The lowest BCUT2D eigenvalue weighted by molar-refractivity contribution is 0.262. The van der Waals surface area contributed by atoms with E-state index in [1.807, 2.05) is 30.5 Å². The molecule has 0 bridgehead atoms. The van der Waals surface area contributed by atoms with Crippen molar-refractivity contribution in [1.82, 2.24) is 15.0 Å². The summed E-state index contributed by atoms with van der Waals surface area (Å²) >= 11 is 0. The Morgan fingerprint density at radius 2 is 2.11 bits per heavy atom. The molecule has 6 heteroatoms. The first-order valence-electron chi connectivity index (χ1n) is 5.72. The fraction of sp³-hybridized carbons (Fsp3) is 0. The summed E-state index contributed by atoms with van der Waals surface area (Å²) in [6.45, 7) is 0. The average Bonchev–Trinajstić information content (AvgIpc) is 2.87. The number of carbonyl (C=O) groups excluding carboxylic acids is 1. The van der Waals surface area contributed by atoms with Crippen LogP contribution < -0.4 is 10.6 Å². The lowest BCUT2D eigenvalue weighted by Crippen LogP contribution is -2.20. The maximum atomic E-state index is 11.8. The van der Waals surface area contributed by atoms with Crippen LogP contribution in [0.5, 0.6) is 0 Å². The molecule has 3 aromatic rings. The van der Waals surface area contributed by atoms with E-state index in [0.29, 0.717) is 11.5 Å². The second-order valence-electron chi connectivity index (χ2n) is 3.95. The maximum absolute atomic E-state index is 11.8. The molecule has 3 N–H and O–H groups in total. The minimum atomic E-state index is -0.355. The van der Waals surface area contributed by atoms with Gasteiger partial charge in [0, 0.05) is 29.8 Å². The van der Waals surface area contributed by atoms with Crippen LogP contribution >= 0.6 is 0 Å². The molecule has 0 atom stereocenters. The van der Waals surface area contributed by atoms with Gasteiger partial charge >= 0.3 is 6.03 Å². The van der Waals surface area contributed by atoms with Gasteiger partial charge in [0.15, 0.2) is 5.82 Å². The van der Waals surface area contributed by atoms with Gasteiger partial charge in [0.25, 0.3) is 0 Å². The number of rotatable bonds is 2. The molecule has 0 aliphatic heterocycles. The molecule has 0 unspecified atom stereocenters.